The first-order valence-electron chi connectivity index (χ1n) is 13.4. The molecule has 0 unspecified atom stereocenters. The van der Waals surface area contributed by atoms with Crippen molar-refractivity contribution in [3.8, 4) is 0 Å². The number of hydrogen-bond donors (Lipinski definition) is 0. The van der Waals surface area contributed by atoms with E-state index < -0.39 is 29.5 Å². The summed E-state index contributed by atoms with van der Waals surface area (Å²) in [5.41, 5.74) is 2.92. The van der Waals surface area contributed by atoms with Crippen LogP contribution in [-0.4, -0.2) is 78.3 Å². The summed E-state index contributed by atoms with van der Waals surface area (Å²) in [6, 6.07) is 19.2. The maximum absolute atomic E-state index is 14.7. The summed E-state index contributed by atoms with van der Waals surface area (Å²) in [5, 5.41) is 5.95. The Kier molecular flexibility index (Phi) is 8.62. The lowest BCUT2D eigenvalue weighted by Gasteiger charge is -2.31. The first kappa shape index (κ1) is 27.6. The molecule has 0 aliphatic carbocycles. The minimum absolute atomic E-state index is 0.168. The van der Waals surface area contributed by atoms with Crippen molar-refractivity contribution in [1.29, 1.82) is 0 Å². The number of hydrogen-bond acceptors (Lipinski definition) is 5. The van der Waals surface area contributed by atoms with Crippen LogP contribution in [0.2, 0.25) is 0 Å². The zero-order valence-electron chi connectivity index (χ0n) is 22.4. The predicted molar refractivity (Wildman–Crippen MR) is 148 cm³/mol. The number of carbonyl (C=O) groups is 2. The molecule has 0 saturated carbocycles. The van der Waals surface area contributed by atoms with Gasteiger partial charge >= 0.3 is 0 Å². The molecule has 2 aliphatic heterocycles. The molecule has 1 saturated heterocycles. The van der Waals surface area contributed by atoms with E-state index in [4.69, 9.17) is 4.74 Å². The van der Waals surface area contributed by atoms with Gasteiger partial charge in [-0.05, 0) is 36.8 Å². The van der Waals surface area contributed by atoms with Gasteiger partial charge in [-0.25, -0.2) is 13.8 Å². The number of carbonyl (C=O) groups excluding carboxylic acids is 2. The highest BCUT2D eigenvalue weighted by molar-refractivity contribution is 6.04. The van der Waals surface area contributed by atoms with Crippen molar-refractivity contribution in [3.05, 3.63) is 107 Å². The summed E-state index contributed by atoms with van der Waals surface area (Å²) >= 11 is 0. The molecule has 9 heteroatoms. The van der Waals surface area contributed by atoms with Gasteiger partial charge in [0.2, 0.25) is 0 Å². The van der Waals surface area contributed by atoms with Crippen molar-refractivity contribution < 1.29 is 23.1 Å². The Balaban J connectivity index is 1.42. The first-order valence-corrected chi connectivity index (χ1v) is 13.4. The number of nitrogens with zero attached hydrogens (tertiary/aromatic N) is 4. The molecule has 1 atom stereocenters. The van der Waals surface area contributed by atoms with Crippen LogP contribution in [0.25, 0.3) is 0 Å². The molecule has 7 nitrogen and oxygen atoms in total. The molecule has 2 amide bonds. The average Bonchev–Trinajstić information content (AvgIpc) is 3.41. The Labute approximate surface area is 232 Å². The zero-order chi connectivity index (χ0) is 28.1. The fraction of sp³-hybridized carbons (Fsp3) is 0.323. The van der Waals surface area contributed by atoms with Crippen LogP contribution in [0.5, 0.6) is 0 Å². The van der Waals surface area contributed by atoms with Crippen molar-refractivity contribution in [2.45, 2.75) is 19.4 Å². The van der Waals surface area contributed by atoms with E-state index in [0.717, 1.165) is 24.2 Å². The Hall–Kier alpha value is -3.95. The van der Waals surface area contributed by atoms with Crippen molar-refractivity contribution in [2.24, 2.45) is 5.10 Å². The van der Waals surface area contributed by atoms with E-state index in [1.54, 1.807) is 18.2 Å². The number of halogens is 2. The van der Waals surface area contributed by atoms with Gasteiger partial charge in [-0.2, -0.15) is 5.10 Å². The van der Waals surface area contributed by atoms with Crippen molar-refractivity contribution in [3.63, 3.8) is 0 Å². The van der Waals surface area contributed by atoms with Gasteiger partial charge in [0.1, 0.15) is 18.2 Å². The molecule has 3 aromatic rings. The SMILES string of the molecule is Cc1ccc([C@H]2CC(c3ccccc3F)=NN2C(=O)CN(CCN2CCOCC2)C(=O)c2cccc(F)c2)cc1. The molecule has 2 heterocycles. The largest absolute Gasteiger partial charge is 0.379 e. The highest BCUT2D eigenvalue weighted by Gasteiger charge is 2.35. The average molecular weight is 547 g/mol. The molecular weight excluding hydrogens is 514 g/mol. The summed E-state index contributed by atoms with van der Waals surface area (Å²) in [5.74, 6) is -1.77. The second-order valence-corrected chi connectivity index (χ2v) is 10.1. The molecule has 0 spiro atoms. The van der Waals surface area contributed by atoms with E-state index >= 15 is 0 Å². The van der Waals surface area contributed by atoms with Gasteiger partial charge in [0, 0.05) is 43.7 Å². The first-order chi connectivity index (χ1) is 19.4. The van der Waals surface area contributed by atoms with Gasteiger partial charge in [-0.15, -0.1) is 0 Å². The van der Waals surface area contributed by atoms with Crippen LogP contribution in [0.1, 0.15) is 39.5 Å². The molecular formula is C31H32F2N4O3. The molecule has 3 aromatic carbocycles. The molecule has 2 aliphatic rings. The molecule has 0 aromatic heterocycles. The third kappa shape index (κ3) is 6.43. The second-order valence-electron chi connectivity index (χ2n) is 10.1. The molecule has 0 radical (unpaired) electrons. The van der Waals surface area contributed by atoms with Crippen molar-refractivity contribution >= 4 is 17.5 Å². The fourth-order valence-corrected chi connectivity index (χ4v) is 5.03. The van der Waals surface area contributed by atoms with Crippen LogP contribution in [0.3, 0.4) is 0 Å². The van der Waals surface area contributed by atoms with Crippen LogP contribution in [0, 0.1) is 18.6 Å². The van der Waals surface area contributed by atoms with E-state index in [-0.39, 0.29) is 18.7 Å². The normalized spacial score (nSPS) is 17.5. The van der Waals surface area contributed by atoms with Gasteiger partial charge in [-0.1, -0.05) is 54.1 Å². The van der Waals surface area contributed by atoms with Crippen molar-refractivity contribution in [2.75, 3.05) is 45.9 Å². The molecule has 208 valence electrons. The Morgan fingerprint density at radius 1 is 1.00 bits per heavy atom. The van der Waals surface area contributed by atoms with Crippen LogP contribution in [0.4, 0.5) is 8.78 Å². The van der Waals surface area contributed by atoms with Gasteiger partial charge < -0.3 is 9.64 Å². The summed E-state index contributed by atoms with van der Waals surface area (Å²) in [4.78, 5) is 31.0. The number of morpholine rings is 1. The van der Waals surface area contributed by atoms with E-state index in [0.29, 0.717) is 37.5 Å². The number of amides is 2. The molecule has 5 rings (SSSR count). The van der Waals surface area contributed by atoms with E-state index in [2.05, 4.69) is 10.0 Å². The standard InChI is InChI=1S/C31H32F2N4O3/c1-22-9-11-23(12-10-22)29-20-28(26-7-2-3-8-27(26)33)34-37(29)30(38)21-36(14-13-35-15-17-40-18-16-35)31(39)24-5-4-6-25(32)19-24/h2-12,19,29H,13-18,20-21H2,1H3/t29-/m1/s1. The monoisotopic (exact) mass is 546 g/mol. The number of aryl methyl sites for hydroxylation is 1. The van der Waals surface area contributed by atoms with E-state index in [9.17, 15) is 18.4 Å². The maximum atomic E-state index is 14.7. The van der Waals surface area contributed by atoms with Crippen LogP contribution in [0.15, 0.2) is 77.9 Å². The van der Waals surface area contributed by atoms with E-state index in [1.807, 2.05) is 31.2 Å². The molecule has 40 heavy (non-hydrogen) atoms. The van der Waals surface area contributed by atoms with Gasteiger partial charge in [0.25, 0.3) is 11.8 Å². The second kappa shape index (κ2) is 12.5. The third-order valence-corrected chi connectivity index (χ3v) is 7.29. The van der Waals surface area contributed by atoms with Crippen LogP contribution < -0.4 is 0 Å². The number of hydrazone groups is 1. The smallest absolute Gasteiger partial charge is 0.262 e. The Bertz CT molecular complexity index is 1390. The van der Waals surface area contributed by atoms with Crippen LogP contribution in [-0.2, 0) is 9.53 Å². The minimum atomic E-state index is -0.525. The summed E-state index contributed by atoms with van der Waals surface area (Å²) < 4.78 is 34.1. The summed E-state index contributed by atoms with van der Waals surface area (Å²) in [6.07, 6.45) is 0.335. The van der Waals surface area contributed by atoms with Crippen molar-refractivity contribution in [1.82, 2.24) is 14.8 Å². The number of benzene rings is 3. The molecule has 0 N–H and O–H groups in total. The lowest BCUT2D eigenvalue weighted by Crippen LogP contribution is -2.46. The number of rotatable bonds is 8. The van der Waals surface area contributed by atoms with Gasteiger partial charge in [-0.3, -0.25) is 14.5 Å². The zero-order valence-corrected chi connectivity index (χ0v) is 22.4. The third-order valence-electron chi connectivity index (χ3n) is 7.29. The predicted octanol–water partition coefficient (Wildman–Crippen LogP) is 4.43. The molecule has 0 bridgehead atoms. The quantitative estimate of drug-likeness (QED) is 0.420. The van der Waals surface area contributed by atoms with Gasteiger partial charge in [0.05, 0.1) is 25.0 Å². The van der Waals surface area contributed by atoms with Gasteiger partial charge in [0.15, 0.2) is 0 Å². The topological polar surface area (TPSA) is 65.5 Å². The Morgan fingerprint density at radius 2 is 1.75 bits per heavy atom. The summed E-state index contributed by atoms with van der Waals surface area (Å²) in [7, 11) is 0. The summed E-state index contributed by atoms with van der Waals surface area (Å²) in [6.45, 7) is 5.22. The fourth-order valence-electron chi connectivity index (χ4n) is 5.03. The Morgan fingerprint density at radius 3 is 2.48 bits per heavy atom. The minimum Gasteiger partial charge on any atom is -0.379 e. The highest BCUT2D eigenvalue weighted by atomic mass is 19.1. The highest BCUT2D eigenvalue weighted by Crippen LogP contribution is 2.33. The van der Waals surface area contributed by atoms with E-state index in [1.165, 1.54) is 40.2 Å². The molecule has 1 fully saturated rings. The number of ether oxygens (including phenoxy) is 1. The van der Waals surface area contributed by atoms with Crippen LogP contribution >= 0.6 is 0 Å². The maximum Gasteiger partial charge on any atom is 0.262 e. The lowest BCUT2D eigenvalue weighted by molar-refractivity contribution is -0.133. The lowest BCUT2D eigenvalue weighted by atomic mass is 9.97.